The molecule has 5 nitrogen and oxygen atoms in total. The third-order valence-electron chi connectivity index (χ3n) is 3.09. The second-order valence-electron chi connectivity index (χ2n) is 4.74. The van der Waals surface area contributed by atoms with E-state index in [0.29, 0.717) is 12.0 Å². The van der Waals surface area contributed by atoms with Crippen molar-refractivity contribution in [2.24, 2.45) is 0 Å². The fraction of sp³-hybridized carbons (Fsp3) is 0.500. The topological polar surface area (TPSA) is 72.5 Å². The van der Waals surface area contributed by atoms with E-state index in [1.54, 1.807) is 13.0 Å². The van der Waals surface area contributed by atoms with E-state index in [1.165, 1.54) is 19.2 Å². The molecule has 0 aliphatic carbocycles. The second kappa shape index (κ2) is 7.66. The molecule has 0 fully saturated rings. The Bertz CT molecular complexity index is 601. The second-order valence-corrected chi connectivity index (χ2v) is 7.28. The van der Waals surface area contributed by atoms with Gasteiger partial charge in [-0.05, 0) is 31.0 Å². The molecule has 1 amide bonds. The molecule has 0 aliphatic heterocycles. The van der Waals surface area contributed by atoms with Gasteiger partial charge in [0.15, 0.2) is 0 Å². The predicted molar refractivity (Wildman–Crippen MR) is 82.1 cm³/mol. The number of hydrogen-bond acceptors (Lipinski definition) is 4. The van der Waals surface area contributed by atoms with Gasteiger partial charge in [0.25, 0.3) is 9.05 Å². The van der Waals surface area contributed by atoms with Gasteiger partial charge in [0.05, 0.1) is 13.2 Å². The number of ether oxygens (including phenoxy) is 1. The number of methoxy groups -OCH3 is 1. The largest absolute Gasteiger partial charge is 0.495 e. The van der Waals surface area contributed by atoms with Crippen molar-refractivity contribution in [1.29, 1.82) is 0 Å². The normalized spacial score (nSPS) is 12.8. The first kappa shape index (κ1) is 17.8. The van der Waals surface area contributed by atoms with Crippen LogP contribution in [0.2, 0.25) is 0 Å². The quantitative estimate of drug-likeness (QED) is 0.778. The van der Waals surface area contributed by atoms with Crippen molar-refractivity contribution in [2.75, 3.05) is 7.11 Å². The van der Waals surface area contributed by atoms with E-state index in [9.17, 15) is 13.2 Å². The summed E-state index contributed by atoms with van der Waals surface area (Å²) in [7, 11) is 2.86. The summed E-state index contributed by atoms with van der Waals surface area (Å²) in [6.45, 7) is 3.80. The van der Waals surface area contributed by atoms with E-state index in [1.807, 2.05) is 6.92 Å². The lowest BCUT2D eigenvalue weighted by Crippen LogP contribution is -2.26. The van der Waals surface area contributed by atoms with E-state index in [-0.39, 0.29) is 22.6 Å². The fourth-order valence-corrected chi connectivity index (χ4v) is 2.92. The van der Waals surface area contributed by atoms with Crippen molar-refractivity contribution in [3.05, 3.63) is 23.8 Å². The maximum absolute atomic E-state index is 11.7. The molecule has 1 aromatic rings. The molecule has 0 bridgehead atoms. The average molecular weight is 334 g/mol. The van der Waals surface area contributed by atoms with Gasteiger partial charge < -0.3 is 10.1 Å². The minimum atomic E-state index is -3.91. The number of amides is 1. The Morgan fingerprint density at radius 3 is 2.62 bits per heavy atom. The van der Waals surface area contributed by atoms with E-state index in [0.717, 1.165) is 12.8 Å². The summed E-state index contributed by atoms with van der Waals surface area (Å²) in [5.74, 6) is 0.119. The average Bonchev–Trinajstić information content (AvgIpc) is 2.43. The first-order valence-electron chi connectivity index (χ1n) is 6.71. The molecule has 0 saturated carbocycles. The molecule has 1 unspecified atom stereocenters. The van der Waals surface area contributed by atoms with Gasteiger partial charge in [-0.3, -0.25) is 4.79 Å². The lowest BCUT2D eigenvalue weighted by atomic mass is 10.1. The Kier molecular flexibility index (Phi) is 6.48. The van der Waals surface area contributed by atoms with Gasteiger partial charge in [0.1, 0.15) is 10.6 Å². The summed E-state index contributed by atoms with van der Waals surface area (Å²) in [5, 5.41) is 2.83. The summed E-state index contributed by atoms with van der Waals surface area (Å²) >= 11 is 0. The Labute approximate surface area is 130 Å². The smallest absolute Gasteiger partial charge is 0.264 e. The molecule has 0 heterocycles. The van der Waals surface area contributed by atoms with Crippen LogP contribution < -0.4 is 10.1 Å². The van der Waals surface area contributed by atoms with E-state index < -0.39 is 9.05 Å². The maximum atomic E-state index is 11.7. The number of carbonyl (C=O) groups excluding carboxylic acids is 1. The van der Waals surface area contributed by atoms with Crippen LogP contribution in [0.3, 0.4) is 0 Å². The zero-order valence-electron chi connectivity index (χ0n) is 12.3. The van der Waals surface area contributed by atoms with Crippen LogP contribution in [0.5, 0.6) is 5.75 Å². The highest BCUT2D eigenvalue weighted by atomic mass is 35.7. The number of nitrogens with one attached hydrogen (secondary N) is 1. The number of benzene rings is 1. The Balaban J connectivity index is 2.96. The lowest BCUT2D eigenvalue weighted by molar-refractivity contribution is -0.121. The highest BCUT2D eigenvalue weighted by molar-refractivity contribution is 8.13. The fourth-order valence-electron chi connectivity index (χ4n) is 1.89. The highest BCUT2D eigenvalue weighted by Crippen LogP contribution is 2.29. The molecule has 1 atom stereocenters. The van der Waals surface area contributed by atoms with Crippen LogP contribution in [0.15, 0.2) is 23.1 Å². The van der Waals surface area contributed by atoms with Crippen molar-refractivity contribution in [3.63, 3.8) is 0 Å². The standard InChI is InChI=1S/C14H20ClNO4S/c1-4-5-6-14(17)16-10(2)11-7-8-12(20-3)13(9-11)21(15,18)19/h7-10H,4-6H2,1-3H3,(H,16,17). The van der Waals surface area contributed by atoms with E-state index >= 15 is 0 Å². The van der Waals surface area contributed by atoms with Crippen LogP contribution in [-0.4, -0.2) is 21.4 Å². The summed E-state index contributed by atoms with van der Waals surface area (Å²) in [5.41, 5.74) is 0.653. The van der Waals surface area contributed by atoms with Crippen molar-refractivity contribution >= 4 is 25.6 Å². The van der Waals surface area contributed by atoms with Gasteiger partial charge in [-0.2, -0.15) is 0 Å². The first-order chi connectivity index (χ1) is 9.79. The molecule has 1 rings (SSSR count). The third kappa shape index (κ3) is 5.21. The molecule has 0 saturated heterocycles. The number of hydrogen-bond donors (Lipinski definition) is 1. The van der Waals surface area contributed by atoms with E-state index in [2.05, 4.69) is 5.32 Å². The van der Waals surface area contributed by atoms with Crippen LogP contribution in [0.4, 0.5) is 0 Å². The molecule has 7 heteroatoms. The molecule has 0 aromatic heterocycles. The molecule has 0 radical (unpaired) electrons. The molecule has 21 heavy (non-hydrogen) atoms. The van der Waals surface area contributed by atoms with Crippen molar-refractivity contribution in [1.82, 2.24) is 5.32 Å². The summed E-state index contributed by atoms with van der Waals surface area (Å²) < 4.78 is 28.1. The monoisotopic (exact) mass is 333 g/mol. The number of carbonyl (C=O) groups is 1. The van der Waals surface area contributed by atoms with Crippen molar-refractivity contribution in [2.45, 2.75) is 44.0 Å². The number of rotatable bonds is 7. The summed E-state index contributed by atoms with van der Waals surface area (Å²) in [6.07, 6.45) is 2.22. The Morgan fingerprint density at radius 1 is 1.43 bits per heavy atom. The highest BCUT2D eigenvalue weighted by Gasteiger charge is 2.19. The lowest BCUT2D eigenvalue weighted by Gasteiger charge is -2.16. The SMILES string of the molecule is CCCCC(=O)NC(C)c1ccc(OC)c(S(=O)(=O)Cl)c1. The maximum Gasteiger partial charge on any atom is 0.264 e. The molecule has 118 valence electrons. The molecule has 0 aliphatic rings. The number of unbranched alkanes of at least 4 members (excludes halogenated alkanes) is 1. The molecule has 0 spiro atoms. The first-order valence-corrected chi connectivity index (χ1v) is 9.02. The van der Waals surface area contributed by atoms with Crippen LogP contribution in [-0.2, 0) is 13.8 Å². The van der Waals surface area contributed by atoms with Crippen molar-refractivity contribution < 1.29 is 17.9 Å². The Hall–Kier alpha value is -1.27. The third-order valence-corrected chi connectivity index (χ3v) is 4.43. The van der Waals surface area contributed by atoms with Crippen molar-refractivity contribution in [3.8, 4) is 5.75 Å². The Morgan fingerprint density at radius 2 is 2.10 bits per heavy atom. The molecular formula is C14H20ClNO4S. The van der Waals surface area contributed by atoms with E-state index in [4.69, 9.17) is 15.4 Å². The van der Waals surface area contributed by atoms with Gasteiger partial charge in [-0.25, -0.2) is 8.42 Å². The number of halogens is 1. The van der Waals surface area contributed by atoms with Crippen LogP contribution in [0, 0.1) is 0 Å². The van der Waals surface area contributed by atoms with Gasteiger partial charge in [0, 0.05) is 17.1 Å². The minimum absolute atomic E-state index is 0.0598. The zero-order chi connectivity index (χ0) is 16.0. The van der Waals surface area contributed by atoms with Gasteiger partial charge in [-0.1, -0.05) is 19.4 Å². The van der Waals surface area contributed by atoms with Crippen LogP contribution in [0.1, 0.15) is 44.7 Å². The van der Waals surface area contributed by atoms with Gasteiger partial charge >= 0.3 is 0 Å². The molecular weight excluding hydrogens is 314 g/mol. The minimum Gasteiger partial charge on any atom is -0.495 e. The zero-order valence-corrected chi connectivity index (χ0v) is 13.9. The van der Waals surface area contributed by atoms with Gasteiger partial charge in [0.2, 0.25) is 5.91 Å². The molecule has 1 N–H and O–H groups in total. The van der Waals surface area contributed by atoms with Crippen LogP contribution >= 0.6 is 10.7 Å². The predicted octanol–water partition coefficient (Wildman–Crippen LogP) is 2.99. The van der Waals surface area contributed by atoms with Crippen LogP contribution in [0.25, 0.3) is 0 Å². The summed E-state index contributed by atoms with van der Waals surface area (Å²) in [4.78, 5) is 11.6. The summed E-state index contributed by atoms with van der Waals surface area (Å²) in [6, 6.07) is 4.35. The van der Waals surface area contributed by atoms with Gasteiger partial charge in [-0.15, -0.1) is 0 Å². The molecule has 1 aromatic carbocycles.